The number of hydrogen-bond acceptors (Lipinski definition) is 12. The van der Waals surface area contributed by atoms with Gasteiger partial charge < -0.3 is 34.6 Å². The lowest BCUT2D eigenvalue weighted by Gasteiger charge is -2.61. The van der Waals surface area contributed by atoms with Gasteiger partial charge in [-0.15, -0.1) is 11.3 Å². The Labute approximate surface area is 392 Å². The molecule has 5 aromatic rings. The van der Waals surface area contributed by atoms with E-state index in [4.69, 9.17) is 0 Å². The molecule has 4 N–H and O–H groups in total. The van der Waals surface area contributed by atoms with Crippen molar-refractivity contribution in [1.29, 1.82) is 0 Å². The number of amides is 5. The maximum Gasteiger partial charge on any atom is 0.255 e. The minimum Gasteiger partial charge on any atom is -0.389 e. The maximum atomic E-state index is 15.9. The molecule has 0 saturated carbocycles. The lowest BCUT2D eigenvalue weighted by atomic mass is 9.72. The molecule has 0 bridgehead atoms. The van der Waals surface area contributed by atoms with Crippen LogP contribution in [0.3, 0.4) is 0 Å². The number of halogens is 3. The predicted octanol–water partition coefficient (Wildman–Crippen LogP) is 4.99. The number of nitrogens with zero attached hydrogens (tertiary/aromatic N) is 7. The summed E-state index contributed by atoms with van der Waals surface area (Å²) in [6.45, 7) is 3.51. The van der Waals surface area contributed by atoms with E-state index in [0.717, 1.165) is 61.6 Å². The lowest BCUT2D eigenvalue weighted by molar-refractivity contribution is -0.151. The molecule has 20 heteroatoms. The number of aromatic nitrogens is 3. The predicted molar refractivity (Wildman–Crippen MR) is 244 cm³/mol. The van der Waals surface area contributed by atoms with Crippen LogP contribution < -0.4 is 25.8 Å². The summed E-state index contributed by atoms with van der Waals surface area (Å²) in [5.41, 5.74) is 2.46. The van der Waals surface area contributed by atoms with Crippen molar-refractivity contribution in [2.24, 2.45) is 5.41 Å². The van der Waals surface area contributed by atoms with Gasteiger partial charge in [0.1, 0.15) is 17.5 Å². The number of likely N-dealkylation sites (tertiary alicyclic amines) is 1. The molecule has 11 rings (SSSR count). The average Bonchev–Trinajstić information content (AvgIpc) is 4.10. The van der Waals surface area contributed by atoms with E-state index in [1.165, 1.54) is 27.2 Å². The second kappa shape index (κ2) is 16.8. The Hall–Kier alpha value is -6.80. The molecule has 68 heavy (non-hydrogen) atoms. The number of rotatable bonds is 11. The van der Waals surface area contributed by atoms with Crippen LogP contribution in [0.25, 0.3) is 11.1 Å². The summed E-state index contributed by atoms with van der Waals surface area (Å²) in [5.74, 6) is -4.22. The first-order valence-electron chi connectivity index (χ1n) is 22.8. The highest BCUT2D eigenvalue weighted by Crippen LogP contribution is 2.44. The van der Waals surface area contributed by atoms with Crippen molar-refractivity contribution in [3.8, 4) is 11.1 Å². The van der Waals surface area contributed by atoms with Crippen LogP contribution >= 0.6 is 11.3 Å². The molecular weight excluding hydrogens is 902 g/mol. The zero-order valence-electron chi connectivity index (χ0n) is 36.8. The van der Waals surface area contributed by atoms with Gasteiger partial charge in [0.05, 0.1) is 30.6 Å². The van der Waals surface area contributed by atoms with Gasteiger partial charge in [-0.3, -0.25) is 34.6 Å². The molecule has 4 fully saturated rings. The molecule has 4 saturated heterocycles. The van der Waals surface area contributed by atoms with Crippen LogP contribution in [0.15, 0.2) is 66.4 Å². The third-order valence-corrected chi connectivity index (χ3v) is 15.1. The minimum absolute atomic E-state index is 0.0738. The van der Waals surface area contributed by atoms with Gasteiger partial charge in [-0.25, -0.2) is 23.1 Å². The maximum absolute atomic E-state index is 15.9. The van der Waals surface area contributed by atoms with Crippen molar-refractivity contribution in [1.82, 2.24) is 29.7 Å². The molecule has 8 heterocycles. The molecule has 2 unspecified atom stereocenters. The van der Waals surface area contributed by atoms with Crippen LogP contribution in [0.5, 0.6) is 0 Å². The normalized spacial score (nSPS) is 20.7. The highest BCUT2D eigenvalue weighted by molar-refractivity contribution is 7.13. The van der Waals surface area contributed by atoms with Gasteiger partial charge in [-0.2, -0.15) is 0 Å². The molecule has 5 amide bonds. The first kappa shape index (κ1) is 43.8. The number of aliphatic hydroxyl groups is 1. The highest BCUT2D eigenvalue weighted by atomic mass is 32.1. The van der Waals surface area contributed by atoms with Crippen LogP contribution in [-0.2, 0) is 38.7 Å². The fourth-order valence-electron chi connectivity index (χ4n) is 10.8. The molecule has 352 valence electrons. The summed E-state index contributed by atoms with van der Waals surface area (Å²) in [6.07, 6.45) is 5.40. The van der Waals surface area contributed by atoms with E-state index in [2.05, 4.69) is 30.8 Å². The number of carbonyl (C=O) groups is 5. The van der Waals surface area contributed by atoms with Crippen LogP contribution in [0.4, 0.5) is 35.4 Å². The van der Waals surface area contributed by atoms with Gasteiger partial charge in [0.15, 0.2) is 22.8 Å². The molecule has 2 atom stereocenters. The number of imidazole rings is 1. The van der Waals surface area contributed by atoms with Crippen molar-refractivity contribution in [2.45, 2.75) is 75.7 Å². The van der Waals surface area contributed by atoms with Gasteiger partial charge >= 0.3 is 0 Å². The third-order valence-electron chi connectivity index (χ3n) is 14.4. The number of fused-ring (bicyclic) bond motifs is 2. The van der Waals surface area contributed by atoms with Crippen LogP contribution in [-0.4, -0.2) is 110 Å². The summed E-state index contributed by atoms with van der Waals surface area (Å²) in [5, 5.41) is 21.4. The zero-order valence-corrected chi connectivity index (χ0v) is 37.6. The van der Waals surface area contributed by atoms with Crippen molar-refractivity contribution < 1.29 is 42.3 Å². The Bertz CT molecular complexity index is 2850. The fourth-order valence-corrected chi connectivity index (χ4v) is 11.3. The number of carbonyl (C=O) groups excluding carboxylic acids is 5. The monoisotopic (exact) mass is 948 g/mol. The largest absolute Gasteiger partial charge is 0.389 e. The van der Waals surface area contributed by atoms with Crippen molar-refractivity contribution in [3.63, 3.8) is 0 Å². The Morgan fingerprint density at radius 3 is 2.35 bits per heavy atom. The number of aryl methyl sites for hydroxylation is 1. The standard InChI is InChI=1S/C48H47F3N10O6S/c49-33-17-28(16-31-32(33)21-61(45(31)66)42(44(65)56-46-52-11-15-68-46)40-37-2-1-12-58(37)26-53-40)27-3-5-30(6-4-27)59-22-47(23-59)24-60(25-47)39(63)20-48(67)9-13-57(14-10-48)41-34(50)18-29(19-35(41)51)54-36-7-8-38(62)55-43(36)64/h3-6,11,15-19,26,36,42,54,67H,1-2,7-10,12-14,20-25H2,(H,52,56,65)(H,55,62,64). The Morgan fingerprint density at radius 2 is 1.65 bits per heavy atom. The van der Waals surface area contributed by atoms with Crippen LogP contribution in [0.1, 0.15) is 71.9 Å². The zero-order chi connectivity index (χ0) is 47.1. The summed E-state index contributed by atoms with van der Waals surface area (Å²) in [4.78, 5) is 80.6. The van der Waals surface area contributed by atoms with Gasteiger partial charge in [0.2, 0.25) is 17.7 Å². The fraction of sp³-hybridized carbons (Fsp3) is 0.396. The molecule has 0 radical (unpaired) electrons. The van der Waals surface area contributed by atoms with E-state index >= 15 is 13.2 Å². The van der Waals surface area contributed by atoms with E-state index < -0.39 is 58.8 Å². The van der Waals surface area contributed by atoms with E-state index in [9.17, 15) is 29.1 Å². The third kappa shape index (κ3) is 7.91. The van der Waals surface area contributed by atoms with E-state index in [1.54, 1.807) is 28.9 Å². The van der Waals surface area contributed by atoms with Gasteiger partial charge in [0.25, 0.3) is 11.8 Å². The molecule has 6 aliphatic rings. The SMILES string of the molecule is O=C1CCC(Nc2cc(F)c(N3CCC(O)(CC(=O)N4CC5(C4)CN(c4ccc(-c6cc(F)c7c(c6)C(=O)N(C(C(=O)Nc6nccs6)c6ncn8c6CCC8)C7)cc4)C5)CC3)c(F)c2)C(=O)N1. The number of imide groups is 1. The topological polar surface area (TPSA) is 185 Å². The van der Waals surface area contributed by atoms with E-state index in [1.807, 2.05) is 28.8 Å². The number of anilines is 4. The van der Waals surface area contributed by atoms with Crippen LogP contribution in [0, 0.1) is 22.9 Å². The minimum atomic E-state index is -1.32. The number of nitrogens with one attached hydrogen (secondary N) is 3. The van der Waals surface area contributed by atoms with Crippen molar-refractivity contribution in [3.05, 3.63) is 106 Å². The molecule has 0 aliphatic carbocycles. The summed E-state index contributed by atoms with van der Waals surface area (Å²) in [7, 11) is 0. The first-order valence-corrected chi connectivity index (χ1v) is 23.7. The number of hydrogen-bond donors (Lipinski definition) is 4. The van der Waals surface area contributed by atoms with Crippen LogP contribution in [0.2, 0.25) is 0 Å². The molecule has 6 aliphatic heterocycles. The number of benzene rings is 3. The second-order valence-electron chi connectivity index (χ2n) is 19.0. The van der Waals surface area contributed by atoms with E-state index in [0.29, 0.717) is 29.5 Å². The summed E-state index contributed by atoms with van der Waals surface area (Å²) >= 11 is 1.26. The Morgan fingerprint density at radius 1 is 0.897 bits per heavy atom. The Kier molecular flexibility index (Phi) is 10.8. The first-order chi connectivity index (χ1) is 32.7. The highest BCUT2D eigenvalue weighted by Gasteiger charge is 2.54. The molecule has 2 aromatic heterocycles. The van der Waals surface area contributed by atoms with Crippen molar-refractivity contribution >= 4 is 63.1 Å². The Balaban J connectivity index is 0.679. The molecule has 3 aromatic carbocycles. The van der Waals surface area contributed by atoms with Gasteiger partial charge in [0, 0.05) is 97.4 Å². The smallest absolute Gasteiger partial charge is 0.255 e. The number of thiazole rings is 1. The van der Waals surface area contributed by atoms with Crippen molar-refractivity contribution in [2.75, 3.05) is 59.7 Å². The van der Waals surface area contributed by atoms with Gasteiger partial charge in [-0.1, -0.05) is 12.1 Å². The second-order valence-corrected chi connectivity index (χ2v) is 19.9. The molecule has 16 nitrogen and oxygen atoms in total. The molecule has 1 spiro atoms. The summed E-state index contributed by atoms with van der Waals surface area (Å²) < 4.78 is 48.5. The summed E-state index contributed by atoms with van der Waals surface area (Å²) in [6, 6.07) is 11.1. The number of piperidine rings is 2. The van der Waals surface area contributed by atoms with Gasteiger partial charge in [-0.05, 0) is 79.6 Å². The van der Waals surface area contributed by atoms with E-state index in [-0.39, 0.29) is 85.6 Å². The lowest BCUT2D eigenvalue weighted by Crippen LogP contribution is -2.73. The average molecular weight is 949 g/mol. The molecular formula is C48H47F3N10O6S. The quantitative estimate of drug-likeness (QED) is 0.131.